The summed E-state index contributed by atoms with van der Waals surface area (Å²) in [4.78, 5) is 30.8. The third kappa shape index (κ3) is 3.52. The summed E-state index contributed by atoms with van der Waals surface area (Å²) in [5.41, 5.74) is 4.25. The molecule has 3 amide bonds. The summed E-state index contributed by atoms with van der Waals surface area (Å²) in [7, 11) is 1.61. The molecule has 1 N–H and O–H groups in total. The van der Waals surface area contributed by atoms with Gasteiger partial charge in [0.1, 0.15) is 12.0 Å². The summed E-state index contributed by atoms with van der Waals surface area (Å²) < 4.78 is 11.0. The largest absolute Gasteiger partial charge is 0.469 e. The lowest BCUT2D eigenvalue weighted by Crippen LogP contribution is -2.51. The van der Waals surface area contributed by atoms with Crippen molar-refractivity contribution in [1.29, 1.82) is 0 Å². The third-order valence-electron chi connectivity index (χ3n) is 4.31. The maximum absolute atomic E-state index is 12.6. The van der Waals surface area contributed by atoms with Crippen LogP contribution in [-0.2, 0) is 6.42 Å². The Hall–Kier alpha value is -3.81. The Kier molecular flexibility index (Phi) is 4.67. The molecule has 8 nitrogen and oxygen atoms in total. The van der Waals surface area contributed by atoms with Crippen molar-refractivity contribution in [3.05, 3.63) is 78.0 Å². The van der Waals surface area contributed by atoms with E-state index in [1.165, 1.54) is 11.2 Å². The van der Waals surface area contributed by atoms with Crippen LogP contribution in [0.15, 0.2) is 65.3 Å². The summed E-state index contributed by atoms with van der Waals surface area (Å²) in [6.45, 7) is -0.124. The number of oxazole rings is 1. The zero-order valence-corrected chi connectivity index (χ0v) is 15.2. The molecule has 0 aliphatic carbocycles. The quantitative estimate of drug-likeness (QED) is 0.754. The summed E-state index contributed by atoms with van der Waals surface area (Å²) in [5.74, 6) is 0.417. The lowest BCUT2D eigenvalue weighted by molar-refractivity contribution is 0.0701. The maximum Gasteiger partial charge on any atom is 0.346 e. The summed E-state index contributed by atoms with van der Waals surface area (Å²) in [5, 5.41) is 1.09. The second kappa shape index (κ2) is 7.43. The molecule has 1 aromatic heterocycles. The van der Waals surface area contributed by atoms with Crippen LogP contribution >= 0.6 is 0 Å². The van der Waals surface area contributed by atoms with Crippen molar-refractivity contribution in [1.82, 2.24) is 15.4 Å². The Morgan fingerprint density at radius 1 is 1.14 bits per heavy atom. The van der Waals surface area contributed by atoms with Crippen molar-refractivity contribution >= 4 is 17.6 Å². The smallest absolute Gasteiger partial charge is 0.346 e. The van der Waals surface area contributed by atoms with Crippen molar-refractivity contribution in [3.8, 4) is 5.75 Å². The molecule has 28 heavy (non-hydrogen) atoms. The lowest BCUT2D eigenvalue weighted by Gasteiger charge is -2.23. The van der Waals surface area contributed by atoms with Crippen LogP contribution in [0.3, 0.4) is 0 Å². The van der Waals surface area contributed by atoms with Crippen LogP contribution in [0.4, 0.5) is 10.5 Å². The first-order chi connectivity index (χ1) is 13.6. The molecule has 0 unspecified atom stereocenters. The highest BCUT2D eigenvalue weighted by molar-refractivity contribution is 5.97. The second-order valence-electron chi connectivity index (χ2n) is 6.24. The number of urea groups is 1. The van der Waals surface area contributed by atoms with Gasteiger partial charge in [-0.15, -0.1) is 0 Å². The molecule has 0 radical (unpaired) electrons. The number of benzene rings is 2. The molecule has 3 aromatic rings. The average molecular weight is 378 g/mol. The molecular weight excluding hydrogens is 360 g/mol. The van der Waals surface area contributed by atoms with Crippen LogP contribution in [0.1, 0.15) is 21.9 Å². The van der Waals surface area contributed by atoms with E-state index in [2.05, 4.69) is 10.4 Å². The minimum absolute atomic E-state index is 0.0862. The van der Waals surface area contributed by atoms with E-state index in [0.717, 1.165) is 10.6 Å². The minimum Gasteiger partial charge on any atom is -0.469 e. The summed E-state index contributed by atoms with van der Waals surface area (Å²) >= 11 is 0. The molecular formula is C20H18N4O4. The van der Waals surface area contributed by atoms with Crippen molar-refractivity contribution < 1.29 is 18.7 Å². The standard InChI is InChI=1S/C20H18N4O4/c1-23-16-9-5-6-10-17(16)28-13-24(20(23)26)22-19(25)15-12-27-18(21-15)11-14-7-3-2-4-8-14/h2-10,12H,11,13H2,1H3,(H,22,25). The number of nitrogens with one attached hydrogen (secondary N) is 1. The molecule has 0 bridgehead atoms. The number of ether oxygens (including phenoxy) is 1. The van der Waals surface area contributed by atoms with Crippen molar-refractivity contribution in [2.24, 2.45) is 0 Å². The van der Waals surface area contributed by atoms with Gasteiger partial charge in [-0.05, 0) is 17.7 Å². The zero-order valence-electron chi connectivity index (χ0n) is 15.2. The fourth-order valence-corrected chi connectivity index (χ4v) is 2.86. The number of anilines is 1. The molecule has 0 saturated carbocycles. The van der Waals surface area contributed by atoms with E-state index in [9.17, 15) is 9.59 Å². The van der Waals surface area contributed by atoms with Gasteiger partial charge < -0.3 is 9.15 Å². The van der Waals surface area contributed by atoms with Crippen molar-refractivity contribution in [2.45, 2.75) is 6.42 Å². The number of aromatic nitrogens is 1. The van der Waals surface area contributed by atoms with Gasteiger partial charge in [0.2, 0.25) is 0 Å². The van der Waals surface area contributed by atoms with E-state index in [4.69, 9.17) is 9.15 Å². The Bertz CT molecular complexity index is 1000. The Morgan fingerprint density at radius 2 is 1.89 bits per heavy atom. The molecule has 142 valence electrons. The van der Waals surface area contributed by atoms with E-state index in [-0.39, 0.29) is 12.4 Å². The number of rotatable bonds is 4. The van der Waals surface area contributed by atoms with Gasteiger partial charge in [0.05, 0.1) is 5.69 Å². The molecule has 1 aliphatic heterocycles. The zero-order chi connectivity index (χ0) is 19.5. The van der Waals surface area contributed by atoms with E-state index < -0.39 is 11.9 Å². The topological polar surface area (TPSA) is 87.9 Å². The van der Waals surface area contributed by atoms with Gasteiger partial charge in [-0.2, -0.15) is 5.01 Å². The Balaban J connectivity index is 1.45. The fraction of sp³-hybridized carbons (Fsp3) is 0.150. The van der Waals surface area contributed by atoms with Crippen LogP contribution in [0.25, 0.3) is 0 Å². The number of carbonyl (C=O) groups excluding carboxylic acids is 2. The highest BCUT2D eigenvalue weighted by Gasteiger charge is 2.28. The summed E-state index contributed by atoms with van der Waals surface area (Å²) in [6, 6.07) is 16.4. The second-order valence-corrected chi connectivity index (χ2v) is 6.24. The van der Waals surface area contributed by atoms with Gasteiger partial charge in [0.15, 0.2) is 18.3 Å². The van der Waals surface area contributed by atoms with Gasteiger partial charge in [-0.1, -0.05) is 42.5 Å². The molecule has 8 heteroatoms. The number of hydrogen-bond acceptors (Lipinski definition) is 5. The van der Waals surface area contributed by atoms with Gasteiger partial charge >= 0.3 is 6.03 Å². The first-order valence-corrected chi connectivity index (χ1v) is 8.68. The lowest BCUT2D eigenvalue weighted by atomic mass is 10.1. The normalized spacial score (nSPS) is 13.5. The van der Waals surface area contributed by atoms with Gasteiger partial charge in [0.25, 0.3) is 5.91 Å². The average Bonchev–Trinajstić information content (AvgIpc) is 3.15. The minimum atomic E-state index is -0.556. The molecule has 4 rings (SSSR count). The number of nitrogens with zero attached hydrogens (tertiary/aromatic N) is 3. The van der Waals surface area contributed by atoms with Crippen LogP contribution in [-0.4, -0.2) is 35.7 Å². The number of para-hydroxylation sites is 2. The van der Waals surface area contributed by atoms with E-state index in [1.54, 1.807) is 19.2 Å². The highest BCUT2D eigenvalue weighted by Crippen LogP contribution is 2.29. The Labute approximate surface area is 161 Å². The third-order valence-corrected chi connectivity index (χ3v) is 4.31. The van der Waals surface area contributed by atoms with Gasteiger partial charge in [-0.25, -0.2) is 9.78 Å². The van der Waals surface area contributed by atoms with Crippen LogP contribution in [0, 0.1) is 0 Å². The van der Waals surface area contributed by atoms with Crippen LogP contribution in [0.5, 0.6) is 5.75 Å². The number of hydrazine groups is 1. The van der Waals surface area contributed by atoms with E-state index in [0.29, 0.717) is 23.7 Å². The number of hydrogen-bond donors (Lipinski definition) is 1. The van der Waals surface area contributed by atoms with E-state index in [1.807, 2.05) is 42.5 Å². The SMILES string of the molecule is CN1C(=O)N(NC(=O)c2coc(Cc3ccccc3)n2)COc2ccccc21. The van der Waals surface area contributed by atoms with Gasteiger partial charge in [-0.3, -0.25) is 15.1 Å². The number of amides is 3. The monoisotopic (exact) mass is 378 g/mol. The highest BCUT2D eigenvalue weighted by atomic mass is 16.5. The first-order valence-electron chi connectivity index (χ1n) is 8.68. The molecule has 0 atom stereocenters. The molecule has 2 heterocycles. The maximum atomic E-state index is 12.6. The van der Waals surface area contributed by atoms with Gasteiger partial charge in [0, 0.05) is 13.5 Å². The first kappa shape index (κ1) is 17.6. The predicted octanol–water partition coefficient (Wildman–Crippen LogP) is 2.82. The van der Waals surface area contributed by atoms with Crippen LogP contribution in [0.2, 0.25) is 0 Å². The molecule has 0 saturated heterocycles. The molecule has 0 spiro atoms. The number of fused-ring (bicyclic) bond motifs is 1. The predicted molar refractivity (Wildman–Crippen MR) is 101 cm³/mol. The van der Waals surface area contributed by atoms with Crippen molar-refractivity contribution in [3.63, 3.8) is 0 Å². The molecule has 0 fully saturated rings. The number of carbonyl (C=O) groups is 2. The molecule has 2 aromatic carbocycles. The van der Waals surface area contributed by atoms with Crippen molar-refractivity contribution in [2.75, 3.05) is 18.7 Å². The fourth-order valence-electron chi connectivity index (χ4n) is 2.86. The van der Waals surface area contributed by atoms with Crippen LogP contribution < -0.4 is 15.1 Å². The summed E-state index contributed by atoms with van der Waals surface area (Å²) in [6.07, 6.45) is 1.74. The molecule has 1 aliphatic rings. The van der Waals surface area contributed by atoms with E-state index >= 15 is 0 Å². The Morgan fingerprint density at radius 3 is 2.71 bits per heavy atom.